The molecule has 5 rings (SSSR count). The first kappa shape index (κ1) is 30.6. The van der Waals surface area contributed by atoms with Crippen molar-refractivity contribution in [3.8, 4) is 0 Å². The van der Waals surface area contributed by atoms with Crippen LogP contribution < -0.4 is 10.8 Å². The molecule has 2 amide bonds. The molecule has 2 aromatic rings. The van der Waals surface area contributed by atoms with Gasteiger partial charge in [-0.25, -0.2) is 5.48 Å². The van der Waals surface area contributed by atoms with E-state index in [1.165, 1.54) is 38.8 Å². The Morgan fingerprint density at radius 1 is 0.857 bits per heavy atom. The van der Waals surface area contributed by atoms with Crippen LogP contribution in [0.25, 0.3) is 0 Å². The summed E-state index contributed by atoms with van der Waals surface area (Å²) in [7, 11) is 0. The van der Waals surface area contributed by atoms with E-state index in [9.17, 15) is 14.7 Å². The number of nitrogens with zero attached hydrogens (tertiary/aromatic N) is 2. The van der Waals surface area contributed by atoms with Gasteiger partial charge in [0, 0.05) is 49.6 Å². The van der Waals surface area contributed by atoms with Crippen LogP contribution in [-0.4, -0.2) is 76.8 Å². The highest BCUT2D eigenvalue weighted by atomic mass is 16.7. The summed E-state index contributed by atoms with van der Waals surface area (Å²) >= 11 is 0. The number of ether oxygens (including phenoxy) is 2. The summed E-state index contributed by atoms with van der Waals surface area (Å²) < 4.78 is 13.1. The van der Waals surface area contributed by atoms with E-state index in [0.717, 1.165) is 42.7 Å². The second-order valence-electron chi connectivity index (χ2n) is 11.7. The molecule has 4 N–H and O–H groups in total. The Morgan fingerprint density at radius 3 is 2.29 bits per heavy atom. The molecule has 0 saturated carbocycles. The summed E-state index contributed by atoms with van der Waals surface area (Å²) in [6.07, 6.45) is 5.74. The minimum atomic E-state index is -0.548. The zero-order chi connectivity index (χ0) is 29.3. The molecule has 3 aliphatic heterocycles. The fraction of sp³-hybridized carbons (Fsp3) is 0.562. The standard InChI is InChI=1S/C32H44N4O6/c37-22-23-8-10-24(11-9-23)29-19-28(21-36-18-4-5-27(36)20-35-16-1-2-17-35)41-32(42-29)25-12-14-26(15-13-25)33-30(38)6-3-7-31(39)34-40/h8-15,27-29,32,37,40H,1-7,16-22H2,(H,33,38)(H,34,39)/t27-,28+,29-,32-/m0/s1. The van der Waals surface area contributed by atoms with Crippen molar-refractivity contribution in [3.05, 3.63) is 65.2 Å². The summed E-state index contributed by atoms with van der Waals surface area (Å²) in [4.78, 5) is 28.7. The van der Waals surface area contributed by atoms with Gasteiger partial charge in [-0.3, -0.25) is 19.7 Å². The zero-order valence-electron chi connectivity index (χ0n) is 24.2. The number of aliphatic hydroxyl groups is 1. The average Bonchev–Trinajstić information content (AvgIpc) is 3.70. The van der Waals surface area contributed by atoms with Gasteiger partial charge >= 0.3 is 0 Å². The lowest BCUT2D eigenvalue weighted by Gasteiger charge is -2.39. The number of carbonyl (C=O) groups excluding carboxylic acids is 2. The van der Waals surface area contributed by atoms with Gasteiger partial charge in [-0.2, -0.15) is 0 Å². The van der Waals surface area contributed by atoms with Gasteiger partial charge in [0.2, 0.25) is 11.8 Å². The first-order valence-electron chi connectivity index (χ1n) is 15.3. The molecule has 0 aromatic heterocycles. The van der Waals surface area contributed by atoms with Gasteiger partial charge in [0.05, 0.1) is 18.8 Å². The lowest BCUT2D eigenvalue weighted by Crippen LogP contribution is -2.45. The molecule has 4 atom stereocenters. The summed E-state index contributed by atoms with van der Waals surface area (Å²) in [6.45, 7) is 5.53. The van der Waals surface area contributed by atoms with Crippen molar-refractivity contribution < 1.29 is 29.4 Å². The van der Waals surface area contributed by atoms with Gasteiger partial charge in [-0.05, 0) is 75.0 Å². The molecule has 3 aliphatic rings. The topological polar surface area (TPSA) is 124 Å². The normalized spacial score (nSPS) is 25.0. The number of aliphatic hydroxyl groups excluding tert-OH is 1. The van der Waals surface area contributed by atoms with Crippen LogP contribution in [0.2, 0.25) is 0 Å². The van der Waals surface area contributed by atoms with Crippen LogP contribution in [0.3, 0.4) is 0 Å². The van der Waals surface area contributed by atoms with Crippen LogP contribution in [-0.2, 0) is 25.7 Å². The van der Waals surface area contributed by atoms with Crippen LogP contribution in [0.15, 0.2) is 48.5 Å². The van der Waals surface area contributed by atoms with Crippen LogP contribution in [0.1, 0.15) is 80.5 Å². The molecule has 2 aromatic carbocycles. The van der Waals surface area contributed by atoms with E-state index in [-0.39, 0.29) is 37.6 Å². The predicted molar refractivity (Wildman–Crippen MR) is 158 cm³/mol. The van der Waals surface area contributed by atoms with Crippen LogP contribution in [0.4, 0.5) is 5.69 Å². The van der Waals surface area contributed by atoms with E-state index in [4.69, 9.17) is 14.7 Å². The summed E-state index contributed by atoms with van der Waals surface area (Å²) in [5.41, 5.74) is 5.05. The zero-order valence-corrected chi connectivity index (χ0v) is 24.2. The molecule has 0 spiro atoms. The third-order valence-corrected chi connectivity index (χ3v) is 8.62. The minimum absolute atomic E-state index is 0.000877. The number of hydrogen-bond acceptors (Lipinski definition) is 8. The SMILES string of the molecule is O=C(CCCC(=O)Nc1ccc([C@H]2O[C@@H](CN3CCC[C@H]3CN3CCCC3)C[C@@H](c3ccc(CO)cc3)O2)cc1)NO. The molecule has 0 radical (unpaired) electrons. The number of hydroxylamine groups is 1. The van der Waals surface area contributed by atoms with Gasteiger partial charge < -0.3 is 24.8 Å². The smallest absolute Gasteiger partial charge is 0.243 e. The number of rotatable bonds is 12. The highest BCUT2D eigenvalue weighted by molar-refractivity contribution is 5.91. The van der Waals surface area contributed by atoms with Crippen molar-refractivity contribution in [2.24, 2.45) is 0 Å². The number of anilines is 1. The molecular weight excluding hydrogens is 536 g/mol. The molecule has 228 valence electrons. The van der Waals surface area contributed by atoms with E-state index >= 15 is 0 Å². The number of carbonyl (C=O) groups is 2. The summed E-state index contributed by atoms with van der Waals surface area (Å²) in [6, 6.07) is 16.0. The van der Waals surface area contributed by atoms with Crippen molar-refractivity contribution in [3.63, 3.8) is 0 Å². The Hall–Kier alpha value is -2.86. The first-order valence-corrected chi connectivity index (χ1v) is 15.3. The quantitative estimate of drug-likeness (QED) is 0.220. The Bertz CT molecular complexity index is 1150. The molecule has 3 saturated heterocycles. The van der Waals surface area contributed by atoms with Crippen molar-refractivity contribution >= 4 is 17.5 Å². The van der Waals surface area contributed by atoms with E-state index in [1.54, 1.807) is 5.48 Å². The van der Waals surface area contributed by atoms with E-state index in [1.807, 2.05) is 48.5 Å². The Balaban J connectivity index is 1.24. The highest BCUT2D eigenvalue weighted by Gasteiger charge is 2.36. The number of benzene rings is 2. The minimum Gasteiger partial charge on any atom is -0.392 e. The van der Waals surface area contributed by atoms with Gasteiger partial charge in [0.1, 0.15) is 0 Å². The van der Waals surface area contributed by atoms with Crippen molar-refractivity contribution in [1.29, 1.82) is 0 Å². The lowest BCUT2D eigenvalue weighted by atomic mass is 9.99. The van der Waals surface area contributed by atoms with Crippen LogP contribution in [0.5, 0.6) is 0 Å². The van der Waals surface area contributed by atoms with E-state index in [0.29, 0.717) is 18.2 Å². The van der Waals surface area contributed by atoms with Crippen molar-refractivity contribution in [2.75, 3.05) is 38.0 Å². The molecular formula is C32H44N4O6. The highest BCUT2D eigenvalue weighted by Crippen LogP contribution is 2.39. The molecule has 10 nitrogen and oxygen atoms in total. The number of amides is 2. The van der Waals surface area contributed by atoms with Gasteiger partial charge in [0.15, 0.2) is 6.29 Å². The Morgan fingerprint density at radius 2 is 1.57 bits per heavy atom. The number of nitrogens with one attached hydrogen (secondary N) is 2. The largest absolute Gasteiger partial charge is 0.392 e. The molecule has 0 unspecified atom stereocenters. The second-order valence-corrected chi connectivity index (χ2v) is 11.7. The van der Waals surface area contributed by atoms with Crippen LogP contribution in [0, 0.1) is 0 Å². The summed E-state index contributed by atoms with van der Waals surface area (Å²) in [5.74, 6) is -0.702. The first-order chi connectivity index (χ1) is 20.5. The van der Waals surface area contributed by atoms with Gasteiger partial charge in [-0.15, -0.1) is 0 Å². The number of likely N-dealkylation sites (tertiary alicyclic amines) is 2. The van der Waals surface area contributed by atoms with Crippen LogP contribution >= 0.6 is 0 Å². The number of hydrogen-bond donors (Lipinski definition) is 4. The van der Waals surface area contributed by atoms with Gasteiger partial charge in [0.25, 0.3) is 0 Å². The maximum atomic E-state index is 12.3. The third kappa shape index (κ3) is 8.37. The maximum absolute atomic E-state index is 12.3. The predicted octanol–water partition coefficient (Wildman–Crippen LogP) is 3.90. The Labute approximate surface area is 247 Å². The maximum Gasteiger partial charge on any atom is 0.243 e. The second kappa shape index (κ2) is 15.0. The molecule has 3 heterocycles. The summed E-state index contributed by atoms with van der Waals surface area (Å²) in [5, 5.41) is 20.9. The fourth-order valence-corrected chi connectivity index (χ4v) is 6.31. The molecule has 0 aliphatic carbocycles. The average molecular weight is 581 g/mol. The molecule has 3 fully saturated rings. The van der Waals surface area contributed by atoms with Crippen molar-refractivity contribution in [2.45, 2.75) is 82.5 Å². The van der Waals surface area contributed by atoms with E-state index < -0.39 is 12.2 Å². The van der Waals surface area contributed by atoms with Crippen molar-refractivity contribution in [1.82, 2.24) is 15.3 Å². The van der Waals surface area contributed by atoms with E-state index in [2.05, 4.69) is 15.1 Å². The molecule has 0 bridgehead atoms. The Kier molecular flexibility index (Phi) is 11.0. The molecule has 10 heteroatoms. The third-order valence-electron chi connectivity index (χ3n) is 8.62. The fourth-order valence-electron chi connectivity index (χ4n) is 6.31. The monoisotopic (exact) mass is 580 g/mol. The molecule has 42 heavy (non-hydrogen) atoms. The lowest BCUT2D eigenvalue weighted by molar-refractivity contribution is -0.253. The van der Waals surface area contributed by atoms with Gasteiger partial charge in [-0.1, -0.05) is 36.4 Å².